The molecule has 1 aliphatic heterocycles. The largest absolute Gasteiger partial charge is 0.453 e. The van der Waals surface area contributed by atoms with Crippen molar-refractivity contribution < 1.29 is 33.0 Å². The van der Waals surface area contributed by atoms with Gasteiger partial charge in [0.1, 0.15) is 12.2 Å². The molecule has 3 aromatic rings. The Kier molecular flexibility index (Phi) is 11.0. The minimum absolute atomic E-state index is 0.0349. The maximum atomic E-state index is 12.2. The van der Waals surface area contributed by atoms with Crippen LogP contribution in [-0.4, -0.2) is 57.5 Å². The first-order chi connectivity index (χ1) is 21.1. The van der Waals surface area contributed by atoms with Crippen LogP contribution in [0.4, 0.5) is 0 Å². The Labute approximate surface area is 259 Å². The van der Waals surface area contributed by atoms with Gasteiger partial charge in [0.2, 0.25) is 6.29 Å². The van der Waals surface area contributed by atoms with Gasteiger partial charge in [-0.15, -0.1) is 0 Å². The van der Waals surface area contributed by atoms with Crippen LogP contribution in [0.3, 0.4) is 0 Å². The van der Waals surface area contributed by atoms with E-state index in [1.165, 1.54) is 13.8 Å². The maximum Gasteiger partial charge on any atom is 0.305 e. The lowest BCUT2D eigenvalue weighted by Crippen LogP contribution is -2.67. The van der Waals surface area contributed by atoms with E-state index < -0.39 is 50.9 Å². The predicted molar refractivity (Wildman–Crippen MR) is 168 cm³/mol. The van der Waals surface area contributed by atoms with Crippen LogP contribution in [-0.2, 0) is 39.6 Å². The zero-order valence-corrected chi connectivity index (χ0v) is 26.7. The molecule has 0 bridgehead atoms. The van der Waals surface area contributed by atoms with Crippen molar-refractivity contribution in [1.29, 1.82) is 0 Å². The second kappa shape index (κ2) is 14.7. The summed E-state index contributed by atoms with van der Waals surface area (Å²) in [6, 6.07) is 28.7. The Morgan fingerprint density at radius 2 is 1.39 bits per heavy atom. The quantitative estimate of drug-likeness (QED) is 0.0915. The van der Waals surface area contributed by atoms with Crippen LogP contribution in [0.1, 0.15) is 40.2 Å². The normalized spacial score (nSPS) is 20.8. The fraction of sp³-hybridized carbons (Fsp3) is 0.394. The van der Waals surface area contributed by atoms with E-state index in [4.69, 9.17) is 23.4 Å². The molecule has 10 nitrogen and oxygen atoms in total. The van der Waals surface area contributed by atoms with Crippen LogP contribution in [0.5, 0.6) is 0 Å². The van der Waals surface area contributed by atoms with Crippen molar-refractivity contribution in [2.75, 3.05) is 6.61 Å². The number of ether oxygens (including phenoxy) is 4. The van der Waals surface area contributed by atoms with Crippen LogP contribution < -0.4 is 10.4 Å². The van der Waals surface area contributed by atoms with Gasteiger partial charge < -0.3 is 23.4 Å². The van der Waals surface area contributed by atoms with E-state index in [0.717, 1.165) is 15.9 Å². The second-order valence-corrected chi connectivity index (χ2v) is 16.0. The summed E-state index contributed by atoms with van der Waals surface area (Å²) in [6.45, 7) is 9.04. The number of azide groups is 1. The van der Waals surface area contributed by atoms with Gasteiger partial charge >= 0.3 is 11.9 Å². The molecule has 0 aliphatic carbocycles. The number of hydrogen-bond acceptors (Lipinski definition) is 8. The van der Waals surface area contributed by atoms with E-state index in [1.54, 1.807) is 0 Å². The first kappa shape index (κ1) is 32.9. The molecule has 1 heterocycles. The highest BCUT2D eigenvalue weighted by molar-refractivity contribution is 6.99. The molecule has 1 fully saturated rings. The molecule has 0 radical (unpaired) electrons. The van der Waals surface area contributed by atoms with Crippen molar-refractivity contribution in [1.82, 2.24) is 0 Å². The van der Waals surface area contributed by atoms with Gasteiger partial charge in [-0.3, -0.25) is 9.59 Å². The molecule has 44 heavy (non-hydrogen) atoms. The van der Waals surface area contributed by atoms with Crippen molar-refractivity contribution in [2.24, 2.45) is 5.11 Å². The summed E-state index contributed by atoms with van der Waals surface area (Å²) in [5, 5.41) is 5.87. The average Bonchev–Trinajstić information content (AvgIpc) is 3.31. The van der Waals surface area contributed by atoms with Gasteiger partial charge in [-0.1, -0.05) is 117 Å². The first-order valence-electron chi connectivity index (χ1n) is 14.5. The molecular weight excluding hydrogens is 578 g/mol. The van der Waals surface area contributed by atoms with Gasteiger partial charge in [0.25, 0.3) is 8.32 Å². The van der Waals surface area contributed by atoms with Gasteiger partial charge in [0.05, 0.1) is 12.6 Å². The molecule has 3 aromatic carbocycles. The molecule has 1 saturated heterocycles. The Bertz CT molecular complexity index is 1390. The molecule has 1 aliphatic rings. The monoisotopic (exact) mass is 617 g/mol. The van der Waals surface area contributed by atoms with Gasteiger partial charge in [-0.05, 0) is 26.5 Å². The lowest BCUT2D eigenvalue weighted by Gasteiger charge is -2.43. The van der Waals surface area contributed by atoms with E-state index in [-0.39, 0.29) is 18.3 Å². The summed E-state index contributed by atoms with van der Waals surface area (Å²) < 4.78 is 30.6. The highest BCUT2D eigenvalue weighted by Crippen LogP contribution is 2.38. The van der Waals surface area contributed by atoms with Crippen LogP contribution in [0.25, 0.3) is 10.4 Å². The van der Waals surface area contributed by atoms with Gasteiger partial charge in [0.15, 0.2) is 6.10 Å². The Morgan fingerprint density at radius 3 is 1.86 bits per heavy atom. The SMILES string of the molecule is CC(=O)OC1O[C@H]([C@@H](CO[Si](c2ccccc2)(c2ccccc2)C(C)(C)C)N=[N+]=[N-])[C@@H](OCc2ccccc2)[C@H]1OC(C)=O. The summed E-state index contributed by atoms with van der Waals surface area (Å²) in [5.41, 5.74) is 10.6. The average molecular weight is 618 g/mol. The molecule has 1 unspecified atom stereocenters. The lowest BCUT2D eigenvalue weighted by atomic mass is 10.0. The molecule has 0 amide bonds. The molecular formula is C33H39N3O7Si. The van der Waals surface area contributed by atoms with Crippen molar-refractivity contribution in [3.63, 3.8) is 0 Å². The van der Waals surface area contributed by atoms with E-state index in [9.17, 15) is 15.1 Å². The second-order valence-electron chi connectivity index (χ2n) is 11.7. The zero-order chi connectivity index (χ0) is 31.7. The topological polar surface area (TPSA) is 129 Å². The number of nitrogens with zero attached hydrogens (tertiary/aromatic N) is 3. The fourth-order valence-electron chi connectivity index (χ4n) is 5.72. The van der Waals surface area contributed by atoms with Crippen LogP contribution in [0.15, 0.2) is 96.1 Å². The standard InChI is InChI=1S/C33H39N3O7Si/c1-23(37)41-31-30(39-21-25-15-9-6-10-16-25)29(43-32(31)42-24(2)38)28(35-36-34)22-40-44(33(3,4)5,26-17-11-7-12-18-26)27-19-13-8-14-20-27/h6-20,28-32H,21-22H2,1-5H3/t28-,29-,30-,31-,32?/m1/s1. The zero-order valence-electron chi connectivity index (χ0n) is 25.7. The van der Waals surface area contributed by atoms with Gasteiger partial charge in [-0.25, -0.2) is 0 Å². The van der Waals surface area contributed by atoms with Crippen molar-refractivity contribution >= 4 is 30.6 Å². The third kappa shape index (κ3) is 7.55. The Morgan fingerprint density at radius 1 is 0.864 bits per heavy atom. The predicted octanol–water partition coefficient (Wildman–Crippen LogP) is 5.05. The van der Waals surface area contributed by atoms with E-state index >= 15 is 0 Å². The fourth-order valence-corrected chi connectivity index (χ4v) is 10.3. The number of esters is 2. The van der Waals surface area contributed by atoms with Crippen LogP contribution in [0, 0.1) is 0 Å². The molecule has 0 spiro atoms. The molecule has 232 valence electrons. The van der Waals surface area contributed by atoms with E-state index in [0.29, 0.717) is 0 Å². The minimum Gasteiger partial charge on any atom is -0.453 e. The summed E-state index contributed by atoms with van der Waals surface area (Å²) in [7, 11) is -3.02. The number of benzene rings is 3. The van der Waals surface area contributed by atoms with Crippen molar-refractivity contribution in [2.45, 2.75) is 76.9 Å². The Hall–Kier alpha value is -3.99. The minimum atomic E-state index is -3.02. The van der Waals surface area contributed by atoms with Crippen molar-refractivity contribution in [3.05, 3.63) is 107 Å². The van der Waals surface area contributed by atoms with E-state index in [2.05, 4.69) is 55.1 Å². The van der Waals surface area contributed by atoms with Gasteiger partial charge in [-0.2, -0.15) is 0 Å². The molecule has 0 aromatic heterocycles. The summed E-state index contributed by atoms with van der Waals surface area (Å²) >= 11 is 0. The van der Waals surface area contributed by atoms with Crippen LogP contribution >= 0.6 is 0 Å². The third-order valence-electron chi connectivity index (χ3n) is 7.54. The maximum absolute atomic E-state index is 12.2. The highest BCUT2D eigenvalue weighted by atomic mass is 28.4. The summed E-state index contributed by atoms with van der Waals surface area (Å²) in [5.74, 6) is -1.23. The Balaban J connectivity index is 1.74. The van der Waals surface area contributed by atoms with E-state index in [1.807, 2.05) is 66.7 Å². The van der Waals surface area contributed by atoms with Crippen LogP contribution in [0.2, 0.25) is 5.04 Å². The van der Waals surface area contributed by atoms with Crippen molar-refractivity contribution in [3.8, 4) is 0 Å². The highest BCUT2D eigenvalue weighted by Gasteiger charge is 2.54. The van der Waals surface area contributed by atoms with Gasteiger partial charge in [0, 0.05) is 25.4 Å². The number of carbonyl (C=O) groups is 2. The molecule has 0 N–H and O–H groups in total. The first-order valence-corrected chi connectivity index (χ1v) is 16.4. The molecule has 4 rings (SSSR count). The molecule has 11 heteroatoms. The lowest BCUT2D eigenvalue weighted by molar-refractivity contribution is -0.196. The smallest absolute Gasteiger partial charge is 0.305 e. The number of carbonyl (C=O) groups excluding carboxylic acids is 2. The third-order valence-corrected chi connectivity index (χ3v) is 12.5. The number of rotatable bonds is 12. The molecule has 5 atom stereocenters. The molecule has 0 saturated carbocycles. The summed E-state index contributed by atoms with van der Waals surface area (Å²) in [4.78, 5) is 27.3. The summed E-state index contributed by atoms with van der Waals surface area (Å²) in [6.07, 6.45) is -4.29. The number of hydrogen-bond donors (Lipinski definition) is 0.